The summed E-state index contributed by atoms with van der Waals surface area (Å²) in [5, 5.41) is 3.81. The van der Waals surface area contributed by atoms with Crippen LogP contribution in [-0.2, 0) is 0 Å². The summed E-state index contributed by atoms with van der Waals surface area (Å²) in [4.78, 5) is 3.83. The van der Waals surface area contributed by atoms with Crippen LogP contribution in [0.15, 0.2) is 12.4 Å². The van der Waals surface area contributed by atoms with Crippen molar-refractivity contribution in [2.24, 2.45) is 0 Å². The zero-order chi connectivity index (χ0) is 11.1. The second-order valence-electron chi connectivity index (χ2n) is 3.66. The van der Waals surface area contributed by atoms with Crippen LogP contribution >= 0.6 is 11.6 Å². The van der Waals surface area contributed by atoms with Gasteiger partial charge in [-0.15, -0.1) is 0 Å². The molecule has 0 unspecified atom stereocenters. The van der Waals surface area contributed by atoms with Crippen molar-refractivity contribution in [3.63, 3.8) is 0 Å². The molecule has 1 fully saturated rings. The molecule has 2 heterocycles. The molecule has 0 saturated carbocycles. The van der Waals surface area contributed by atoms with Gasteiger partial charge in [0, 0.05) is 12.4 Å². The lowest BCUT2D eigenvalue weighted by Crippen LogP contribution is -2.21. The Morgan fingerprint density at radius 3 is 2.27 bits per heavy atom. The van der Waals surface area contributed by atoms with E-state index in [1.807, 2.05) is 6.92 Å². The normalized spacial score (nSPS) is 15.3. The highest BCUT2D eigenvalue weighted by molar-refractivity contribution is 6.33. The van der Waals surface area contributed by atoms with Crippen LogP contribution < -0.4 is 11.1 Å². The molecule has 84 valence electrons. The van der Waals surface area contributed by atoms with Crippen molar-refractivity contribution < 1.29 is 0 Å². The molecule has 0 aliphatic carbocycles. The number of aryl methyl sites for hydroxylation is 1. The molecule has 0 aromatic carbocycles. The second kappa shape index (κ2) is 6.64. The van der Waals surface area contributed by atoms with Crippen molar-refractivity contribution in [3.05, 3.63) is 23.0 Å². The highest BCUT2D eigenvalue weighted by Gasteiger charge is 1.96. The number of nitrogens with two attached hydrogens (primary N) is 1. The summed E-state index contributed by atoms with van der Waals surface area (Å²) in [5.74, 6) is 0. The Hall–Kier alpha value is -0.800. The Kier molecular flexibility index (Phi) is 5.43. The summed E-state index contributed by atoms with van der Waals surface area (Å²) < 4.78 is 0. The lowest BCUT2D eigenvalue weighted by atomic mass is 10.2. The Balaban J connectivity index is 0.000000162. The van der Waals surface area contributed by atoms with Gasteiger partial charge in [-0.3, -0.25) is 4.98 Å². The van der Waals surface area contributed by atoms with Gasteiger partial charge in [0.15, 0.2) is 0 Å². The number of anilines is 1. The number of hydrogen-bond donors (Lipinski definition) is 2. The van der Waals surface area contributed by atoms with E-state index in [1.54, 1.807) is 6.20 Å². The Labute approximate surface area is 96.0 Å². The lowest BCUT2D eigenvalue weighted by Gasteiger charge is -2.08. The van der Waals surface area contributed by atoms with Crippen LogP contribution in [0.2, 0.25) is 5.02 Å². The topological polar surface area (TPSA) is 50.9 Å². The number of piperidine rings is 1. The molecule has 2 rings (SSSR count). The van der Waals surface area contributed by atoms with Crippen molar-refractivity contribution in [1.29, 1.82) is 0 Å². The summed E-state index contributed by atoms with van der Waals surface area (Å²) in [5.41, 5.74) is 7.05. The maximum absolute atomic E-state index is 5.63. The zero-order valence-corrected chi connectivity index (χ0v) is 9.85. The third-order valence-corrected chi connectivity index (χ3v) is 2.65. The standard InChI is InChI=1S/C6H7ClN2.C5H11N/c1-4-2-9-3-5(7)6(4)8;1-2-4-6-5-3-1/h2-3H,1H3,(H2,8,9);6H,1-5H2. The monoisotopic (exact) mass is 227 g/mol. The molecule has 15 heavy (non-hydrogen) atoms. The molecule has 1 aromatic heterocycles. The second-order valence-corrected chi connectivity index (χ2v) is 4.07. The molecule has 0 spiro atoms. The van der Waals surface area contributed by atoms with E-state index in [2.05, 4.69) is 10.3 Å². The molecular formula is C11H18ClN3. The first-order valence-electron chi connectivity index (χ1n) is 5.28. The van der Waals surface area contributed by atoms with Crippen LogP contribution in [0.4, 0.5) is 5.69 Å². The summed E-state index contributed by atoms with van der Waals surface area (Å²) in [6, 6.07) is 0. The minimum absolute atomic E-state index is 0.523. The average molecular weight is 228 g/mol. The molecule has 3 nitrogen and oxygen atoms in total. The van der Waals surface area contributed by atoms with E-state index in [9.17, 15) is 0 Å². The Morgan fingerprint density at radius 1 is 1.27 bits per heavy atom. The number of nitrogens with one attached hydrogen (secondary N) is 1. The van der Waals surface area contributed by atoms with Gasteiger partial charge in [-0.25, -0.2) is 0 Å². The van der Waals surface area contributed by atoms with Crippen LogP contribution in [-0.4, -0.2) is 18.1 Å². The SMILES string of the molecule is C1CCNCC1.Cc1cncc(Cl)c1N. The average Bonchev–Trinajstić information content (AvgIpc) is 2.29. The van der Waals surface area contributed by atoms with Crippen molar-refractivity contribution in [3.8, 4) is 0 Å². The fourth-order valence-corrected chi connectivity index (χ4v) is 1.55. The van der Waals surface area contributed by atoms with E-state index in [0.29, 0.717) is 10.7 Å². The number of aromatic nitrogens is 1. The van der Waals surface area contributed by atoms with E-state index >= 15 is 0 Å². The minimum atomic E-state index is 0.523. The first-order chi connectivity index (χ1) is 7.22. The van der Waals surface area contributed by atoms with Gasteiger partial charge >= 0.3 is 0 Å². The smallest absolute Gasteiger partial charge is 0.0821 e. The van der Waals surface area contributed by atoms with Crippen molar-refractivity contribution in [2.45, 2.75) is 26.2 Å². The Morgan fingerprint density at radius 2 is 1.93 bits per heavy atom. The number of nitrogens with zero attached hydrogens (tertiary/aromatic N) is 1. The van der Waals surface area contributed by atoms with Gasteiger partial charge in [-0.05, 0) is 38.4 Å². The van der Waals surface area contributed by atoms with Crippen molar-refractivity contribution in [1.82, 2.24) is 10.3 Å². The first-order valence-corrected chi connectivity index (χ1v) is 5.66. The third kappa shape index (κ3) is 4.49. The molecule has 0 bridgehead atoms. The van der Waals surface area contributed by atoms with E-state index in [-0.39, 0.29) is 0 Å². The van der Waals surface area contributed by atoms with E-state index < -0.39 is 0 Å². The van der Waals surface area contributed by atoms with Crippen LogP contribution in [0.1, 0.15) is 24.8 Å². The molecule has 1 aromatic rings. The van der Waals surface area contributed by atoms with Crippen LogP contribution in [0.25, 0.3) is 0 Å². The van der Waals surface area contributed by atoms with Crippen LogP contribution in [0.5, 0.6) is 0 Å². The molecule has 0 amide bonds. The van der Waals surface area contributed by atoms with Gasteiger partial charge in [-0.2, -0.15) is 0 Å². The predicted molar refractivity (Wildman–Crippen MR) is 65.1 cm³/mol. The predicted octanol–water partition coefficient (Wildman–Crippen LogP) is 2.39. The molecule has 0 radical (unpaired) electrons. The van der Waals surface area contributed by atoms with E-state index in [4.69, 9.17) is 17.3 Å². The molecular weight excluding hydrogens is 210 g/mol. The van der Waals surface area contributed by atoms with E-state index in [1.165, 1.54) is 38.5 Å². The summed E-state index contributed by atoms with van der Waals surface area (Å²) in [6.07, 6.45) is 7.43. The number of nitrogen functional groups attached to an aromatic ring is 1. The van der Waals surface area contributed by atoms with Crippen molar-refractivity contribution in [2.75, 3.05) is 18.8 Å². The molecule has 4 heteroatoms. The van der Waals surface area contributed by atoms with E-state index in [0.717, 1.165) is 5.56 Å². The summed E-state index contributed by atoms with van der Waals surface area (Å²) >= 11 is 5.63. The maximum atomic E-state index is 5.63. The van der Waals surface area contributed by atoms with Gasteiger partial charge in [-0.1, -0.05) is 18.0 Å². The van der Waals surface area contributed by atoms with Gasteiger partial charge < -0.3 is 11.1 Å². The quantitative estimate of drug-likeness (QED) is 0.716. The highest BCUT2D eigenvalue weighted by atomic mass is 35.5. The highest BCUT2D eigenvalue weighted by Crippen LogP contribution is 2.19. The van der Waals surface area contributed by atoms with Gasteiger partial charge in [0.25, 0.3) is 0 Å². The maximum Gasteiger partial charge on any atom is 0.0821 e. The lowest BCUT2D eigenvalue weighted by molar-refractivity contribution is 0.520. The molecule has 3 N–H and O–H groups in total. The summed E-state index contributed by atoms with van der Waals surface area (Å²) in [7, 11) is 0. The minimum Gasteiger partial charge on any atom is -0.397 e. The number of rotatable bonds is 0. The number of pyridine rings is 1. The number of hydrogen-bond acceptors (Lipinski definition) is 3. The number of halogens is 1. The van der Waals surface area contributed by atoms with Crippen molar-refractivity contribution >= 4 is 17.3 Å². The molecule has 1 aliphatic heterocycles. The van der Waals surface area contributed by atoms with Crippen LogP contribution in [0.3, 0.4) is 0 Å². The van der Waals surface area contributed by atoms with Gasteiger partial charge in [0.05, 0.1) is 10.7 Å². The van der Waals surface area contributed by atoms with Gasteiger partial charge in [0.2, 0.25) is 0 Å². The van der Waals surface area contributed by atoms with Gasteiger partial charge in [0.1, 0.15) is 0 Å². The third-order valence-electron chi connectivity index (χ3n) is 2.35. The molecule has 0 atom stereocenters. The first kappa shape index (κ1) is 12.3. The molecule has 1 saturated heterocycles. The zero-order valence-electron chi connectivity index (χ0n) is 9.09. The Bertz CT molecular complexity index is 266. The summed E-state index contributed by atoms with van der Waals surface area (Å²) in [6.45, 7) is 4.37. The largest absolute Gasteiger partial charge is 0.397 e. The fourth-order valence-electron chi connectivity index (χ4n) is 1.34. The fraction of sp³-hybridized carbons (Fsp3) is 0.545. The van der Waals surface area contributed by atoms with Crippen LogP contribution in [0, 0.1) is 6.92 Å². The molecule has 1 aliphatic rings.